The Morgan fingerprint density at radius 2 is 2.08 bits per heavy atom. The summed E-state index contributed by atoms with van der Waals surface area (Å²) >= 11 is 0. The van der Waals surface area contributed by atoms with Gasteiger partial charge in [-0.15, -0.1) is 0 Å². The average Bonchev–Trinajstić information content (AvgIpc) is 3.21. The summed E-state index contributed by atoms with van der Waals surface area (Å²) in [4.78, 5) is 15.0. The van der Waals surface area contributed by atoms with Gasteiger partial charge in [0.05, 0.1) is 18.4 Å². The van der Waals surface area contributed by atoms with Crippen LogP contribution in [0.4, 0.5) is 5.69 Å². The van der Waals surface area contributed by atoms with E-state index in [1.807, 2.05) is 0 Å². The average molecular weight is 339 g/mol. The Morgan fingerprint density at radius 3 is 2.92 bits per heavy atom. The van der Waals surface area contributed by atoms with E-state index < -0.39 is 0 Å². The van der Waals surface area contributed by atoms with Gasteiger partial charge in [-0.05, 0) is 57.0 Å². The van der Waals surface area contributed by atoms with Crippen LogP contribution in [0.1, 0.15) is 41.4 Å². The van der Waals surface area contributed by atoms with Gasteiger partial charge in [-0.25, -0.2) is 0 Å². The Hall–Kier alpha value is -2.27. The normalized spacial score (nSPS) is 20.5. The first-order valence-corrected chi connectivity index (χ1v) is 9.15. The first-order chi connectivity index (χ1) is 12.2. The maximum Gasteiger partial charge on any atom is 0.255 e. The lowest BCUT2D eigenvalue weighted by atomic mass is 10.1. The lowest BCUT2D eigenvalue weighted by Crippen LogP contribution is -2.43. The molecule has 1 amide bonds. The molecule has 1 fully saturated rings. The molecule has 1 unspecified atom stereocenters. The summed E-state index contributed by atoms with van der Waals surface area (Å²) in [6.07, 6.45) is 4.62. The number of hydrogen-bond acceptors (Lipinski definition) is 4. The van der Waals surface area contributed by atoms with Crippen LogP contribution < -0.4 is 15.5 Å². The molecular formula is C20H25N3O2. The maximum atomic E-state index is 12.7. The van der Waals surface area contributed by atoms with Crippen molar-refractivity contribution in [1.82, 2.24) is 10.6 Å². The minimum Gasteiger partial charge on any atom is -0.467 e. The summed E-state index contributed by atoms with van der Waals surface area (Å²) in [5, 5.41) is 6.48. The number of hydrogen-bond donors (Lipinski definition) is 2. The number of rotatable bonds is 4. The number of piperidine rings is 1. The van der Waals surface area contributed by atoms with Crippen molar-refractivity contribution in [3.63, 3.8) is 0 Å². The van der Waals surface area contributed by atoms with Crippen molar-refractivity contribution in [2.24, 2.45) is 0 Å². The predicted molar refractivity (Wildman–Crippen MR) is 97.9 cm³/mol. The molecule has 5 nitrogen and oxygen atoms in total. The molecule has 2 aliphatic heterocycles. The van der Waals surface area contributed by atoms with Crippen LogP contribution in [0.2, 0.25) is 0 Å². The van der Waals surface area contributed by atoms with Gasteiger partial charge in [0.25, 0.3) is 5.91 Å². The van der Waals surface area contributed by atoms with Gasteiger partial charge in [0.2, 0.25) is 0 Å². The Bertz CT molecular complexity index is 749. The molecule has 0 spiro atoms. The van der Waals surface area contributed by atoms with Gasteiger partial charge in [-0.3, -0.25) is 4.79 Å². The molecule has 1 aromatic carbocycles. The van der Waals surface area contributed by atoms with Crippen LogP contribution in [0.5, 0.6) is 0 Å². The van der Waals surface area contributed by atoms with Gasteiger partial charge in [0, 0.05) is 17.8 Å². The van der Waals surface area contributed by atoms with Gasteiger partial charge >= 0.3 is 0 Å². The first kappa shape index (κ1) is 16.2. The van der Waals surface area contributed by atoms with E-state index in [9.17, 15) is 4.79 Å². The predicted octanol–water partition coefficient (Wildman–Crippen LogP) is 2.71. The number of benzene rings is 1. The number of para-hydroxylation sites is 1. The number of nitrogens with zero attached hydrogens (tertiary/aromatic N) is 1. The van der Waals surface area contributed by atoms with E-state index in [1.165, 1.54) is 11.3 Å². The molecule has 0 bridgehead atoms. The molecule has 25 heavy (non-hydrogen) atoms. The molecule has 5 heteroatoms. The molecule has 132 valence electrons. The Balaban J connectivity index is 1.49. The third kappa shape index (κ3) is 3.29. The fraction of sp³-hybridized carbons (Fsp3) is 0.450. The number of anilines is 1. The van der Waals surface area contributed by atoms with Gasteiger partial charge in [-0.1, -0.05) is 18.2 Å². The molecule has 2 N–H and O–H groups in total. The SMILES string of the molecule is CC1Cc2ccccc2N1Cc1occc1C(=O)NC1CCNCC1. The molecule has 2 aromatic rings. The number of carbonyl (C=O) groups excluding carboxylic acids is 1. The molecule has 0 radical (unpaired) electrons. The van der Waals surface area contributed by atoms with Crippen molar-refractivity contribution in [3.05, 3.63) is 53.5 Å². The fourth-order valence-electron chi connectivity index (χ4n) is 3.92. The highest BCUT2D eigenvalue weighted by atomic mass is 16.3. The number of carbonyl (C=O) groups is 1. The fourth-order valence-corrected chi connectivity index (χ4v) is 3.92. The summed E-state index contributed by atoms with van der Waals surface area (Å²) in [5.41, 5.74) is 3.27. The number of amides is 1. The summed E-state index contributed by atoms with van der Waals surface area (Å²) in [6, 6.07) is 10.9. The molecule has 1 atom stereocenters. The molecular weight excluding hydrogens is 314 g/mol. The third-order valence-electron chi connectivity index (χ3n) is 5.33. The van der Waals surface area contributed by atoms with Gasteiger partial charge in [-0.2, -0.15) is 0 Å². The highest BCUT2D eigenvalue weighted by molar-refractivity contribution is 5.95. The van der Waals surface area contributed by atoms with Gasteiger partial charge < -0.3 is 20.0 Å². The third-order valence-corrected chi connectivity index (χ3v) is 5.33. The Labute approximate surface area is 148 Å². The van der Waals surface area contributed by atoms with Crippen molar-refractivity contribution in [2.75, 3.05) is 18.0 Å². The minimum absolute atomic E-state index is 0.0178. The van der Waals surface area contributed by atoms with E-state index in [4.69, 9.17) is 4.42 Å². The van der Waals surface area contributed by atoms with Crippen molar-refractivity contribution >= 4 is 11.6 Å². The van der Waals surface area contributed by atoms with E-state index >= 15 is 0 Å². The monoisotopic (exact) mass is 339 g/mol. The van der Waals surface area contributed by atoms with E-state index in [-0.39, 0.29) is 11.9 Å². The first-order valence-electron chi connectivity index (χ1n) is 9.15. The molecule has 0 saturated carbocycles. The van der Waals surface area contributed by atoms with Crippen LogP contribution in [0, 0.1) is 0 Å². The van der Waals surface area contributed by atoms with Crippen molar-refractivity contribution in [3.8, 4) is 0 Å². The highest BCUT2D eigenvalue weighted by Crippen LogP contribution is 2.33. The lowest BCUT2D eigenvalue weighted by molar-refractivity contribution is 0.0927. The Morgan fingerprint density at radius 1 is 1.28 bits per heavy atom. The molecule has 1 aromatic heterocycles. The summed E-state index contributed by atoms with van der Waals surface area (Å²) in [5.74, 6) is 0.728. The van der Waals surface area contributed by atoms with Crippen LogP contribution in [-0.2, 0) is 13.0 Å². The largest absolute Gasteiger partial charge is 0.467 e. The van der Waals surface area contributed by atoms with Gasteiger partial charge in [0.15, 0.2) is 0 Å². The molecule has 1 saturated heterocycles. The van der Waals surface area contributed by atoms with Crippen molar-refractivity contribution in [2.45, 2.75) is 44.8 Å². The number of fused-ring (bicyclic) bond motifs is 1. The Kier molecular flexibility index (Phi) is 4.49. The lowest BCUT2D eigenvalue weighted by Gasteiger charge is -2.25. The zero-order valence-corrected chi connectivity index (χ0v) is 14.6. The minimum atomic E-state index is -0.0178. The molecule has 3 heterocycles. The highest BCUT2D eigenvalue weighted by Gasteiger charge is 2.28. The molecule has 4 rings (SSSR count). The van der Waals surface area contributed by atoms with Crippen LogP contribution >= 0.6 is 0 Å². The van der Waals surface area contributed by atoms with Crippen LogP contribution in [-0.4, -0.2) is 31.1 Å². The van der Waals surface area contributed by atoms with Crippen molar-refractivity contribution < 1.29 is 9.21 Å². The second-order valence-corrected chi connectivity index (χ2v) is 7.06. The number of furan rings is 1. The second kappa shape index (κ2) is 6.92. The number of nitrogens with one attached hydrogen (secondary N) is 2. The van der Waals surface area contributed by atoms with Crippen LogP contribution in [0.15, 0.2) is 41.0 Å². The molecule has 0 aliphatic carbocycles. The summed E-state index contributed by atoms with van der Waals surface area (Å²) < 4.78 is 5.69. The molecule has 2 aliphatic rings. The topological polar surface area (TPSA) is 57.5 Å². The van der Waals surface area contributed by atoms with Crippen molar-refractivity contribution in [1.29, 1.82) is 0 Å². The van der Waals surface area contributed by atoms with E-state index in [0.29, 0.717) is 18.2 Å². The van der Waals surface area contributed by atoms with E-state index in [0.717, 1.165) is 38.1 Å². The second-order valence-electron chi connectivity index (χ2n) is 7.06. The van der Waals surface area contributed by atoms with Gasteiger partial charge in [0.1, 0.15) is 5.76 Å². The zero-order chi connectivity index (χ0) is 17.2. The zero-order valence-electron chi connectivity index (χ0n) is 14.6. The van der Waals surface area contributed by atoms with Crippen LogP contribution in [0.3, 0.4) is 0 Å². The standard InChI is InChI=1S/C20H25N3O2/c1-14-12-15-4-2-3-5-18(15)23(14)13-19-17(8-11-25-19)20(24)22-16-6-9-21-10-7-16/h2-5,8,11,14,16,21H,6-7,9-10,12-13H2,1H3,(H,22,24). The summed E-state index contributed by atoms with van der Waals surface area (Å²) in [6.45, 7) is 4.77. The van der Waals surface area contributed by atoms with E-state index in [2.05, 4.69) is 46.7 Å². The quantitative estimate of drug-likeness (QED) is 0.899. The van der Waals surface area contributed by atoms with E-state index in [1.54, 1.807) is 12.3 Å². The maximum absolute atomic E-state index is 12.7. The summed E-state index contributed by atoms with van der Waals surface area (Å²) in [7, 11) is 0. The van der Waals surface area contributed by atoms with Crippen LogP contribution in [0.25, 0.3) is 0 Å². The smallest absolute Gasteiger partial charge is 0.255 e.